The van der Waals surface area contributed by atoms with Crippen molar-refractivity contribution in [1.82, 2.24) is 4.90 Å². The summed E-state index contributed by atoms with van der Waals surface area (Å²) in [5.74, 6) is 0.474. The molecule has 0 aliphatic rings. The van der Waals surface area contributed by atoms with Gasteiger partial charge in [0.25, 0.3) is 5.91 Å². The molecule has 1 unspecified atom stereocenters. The Morgan fingerprint density at radius 1 is 1.50 bits per heavy atom. The summed E-state index contributed by atoms with van der Waals surface area (Å²) in [6.45, 7) is 1.70. The van der Waals surface area contributed by atoms with Gasteiger partial charge in [-0.1, -0.05) is 11.6 Å². The van der Waals surface area contributed by atoms with Gasteiger partial charge in [0, 0.05) is 19.1 Å². The number of rotatable bonds is 3. The Balaban J connectivity index is 2.80. The summed E-state index contributed by atoms with van der Waals surface area (Å²) in [6, 6.07) is 5.20. The maximum Gasteiger partial charge on any atom is 0.262 e. The van der Waals surface area contributed by atoms with E-state index < -0.39 is 6.10 Å². The number of carbonyl (C=O) groups is 1. The van der Waals surface area contributed by atoms with Crippen molar-refractivity contribution in [2.45, 2.75) is 13.0 Å². The molecule has 0 saturated heterocycles. The lowest BCUT2D eigenvalue weighted by Gasteiger charge is -2.19. The van der Waals surface area contributed by atoms with Crippen molar-refractivity contribution in [3.05, 3.63) is 27.7 Å². The number of carbonyl (C=O) groups excluding carboxylic acids is 1. The van der Waals surface area contributed by atoms with Crippen LogP contribution in [-0.4, -0.2) is 31.0 Å². The second-order valence-electron chi connectivity index (χ2n) is 3.57. The van der Waals surface area contributed by atoms with Crippen LogP contribution in [0.5, 0.6) is 5.75 Å². The van der Waals surface area contributed by atoms with Gasteiger partial charge in [0.1, 0.15) is 5.75 Å². The first-order valence-corrected chi connectivity index (χ1v) is 5.91. The molecule has 0 heterocycles. The highest BCUT2D eigenvalue weighted by Crippen LogP contribution is 2.29. The van der Waals surface area contributed by atoms with Crippen LogP contribution < -0.4 is 4.74 Å². The van der Waals surface area contributed by atoms with Crippen LogP contribution in [0.2, 0.25) is 5.02 Å². The highest BCUT2D eigenvalue weighted by atomic mass is 79.9. The number of likely N-dealkylation sites (N-methyl/N-ethyl adjacent to an activating group) is 1. The number of hydrogen-bond acceptors (Lipinski definition) is 2. The van der Waals surface area contributed by atoms with E-state index in [0.717, 1.165) is 4.47 Å². The molecule has 1 rings (SSSR count). The number of ether oxygens (including phenoxy) is 1. The van der Waals surface area contributed by atoms with E-state index >= 15 is 0 Å². The van der Waals surface area contributed by atoms with Gasteiger partial charge in [0.2, 0.25) is 0 Å². The molecule has 1 aromatic carbocycles. The molecular formula is C11H13BrClNO2. The predicted molar refractivity (Wildman–Crippen MR) is 67.9 cm³/mol. The molecule has 88 valence electrons. The van der Waals surface area contributed by atoms with Gasteiger partial charge in [0.05, 0.1) is 4.47 Å². The summed E-state index contributed by atoms with van der Waals surface area (Å²) in [4.78, 5) is 13.1. The molecule has 1 atom stereocenters. The Hall–Kier alpha value is -0.740. The van der Waals surface area contributed by atoms with Crippen LogP contribution >= 0.6 is 27.5 Å². The third-order valence-electron chi connectivity index (χ3n) is 1.99. The Morgan fingerprint density at radius 2 is 2.12 bits per heavy atom. The highest BCUT2D eigenvalue weighted by molar-refractivity contribution is 9.10. The minimum absolute atomic E-state index is 0.0909. The van der Waals surface area contributed by atoms with E-state index in [0.29, 0.717) is 10.8 Å². The van der Waals surface area contributed by atoms with Crippen molar-refractivity contribution in [1.29, 1.82) is 0 Å². The fourth-order valence-corrected chi connectivity index (χ4v) is 1.67. The van der Waals surface area contributed by atoms with E-state index in [2.05, 4.69) is 15.9 Å². The topological polar surface area (TPSA) is 29.5 Å². The lowest BCUT2D eigenvalue weighted by atomic mass is 10.3. The summed E-state index contributed by atoms with van der Waals surface area (Å²) in [6.07, 6.45) is -0.537. The maximum atomic E-state index is 11.6. The van der Waals surface area contributed by atoms with Crippen LogP contribution in [0, 0.1) is 0 Å². The molecule has 0 aliphatic heterocycles. The van der Waals surface area contributed by atoms with Crippen LogP contribution in [0.4, 0.5) is 0 Å². The molecule has 5 heteroatoms. The molecule has 16 heavy (non-hydrogen) atoms. The standard InChI is InChI=1S/C11H13BrClNO2/c1-7(11(15)14(2)3)16-10-6-8(13)4-5-9(10)12/h4-7H,1-3H3. The Labute approximate surface area is 108 Å². The van der Waals surface area contributed by atoms with Crippen molar-refractivity contribution < 1.29 is 9.53 Å². The number of amides is 1. The molecular weight excluding hydrogens is 293 g/mol. The van der Waals surface area contributed by atoms with E-state index in [1.807, 2.05) is 0 Å². The third-order valence-corrected chi connectivity index (χ3v) is 2.88. The van der Waals surface area contributed by atoms with Gasteiger partial charge in [-0.15, -0.1) is 0 Å². The van der Waals surface area contributed by atoms with Crippen LogP contribution in [0.25, 0.3) is 0 Å². The molecule has 0 aliphatic carbocycles. The second kappa shape index (κ2) is 5.55. The maximum absolute atomic E-state index is 11.6. The fraction of sp³-hybridized carbons (Fsp3) is 0.364. The van der Waals surface area contributed by atoms with E-state index in [1.54, 1.807) is 39.2 Å². The van der Waals surface area contributed by atoms with Crippen molar-refractivity contribution in [3.63, 3.8) is 0 Å². The first kappa shape index (κ1) is 13.3. The van der Waals surface area contributed by atoms with Gasteiger partial charge in [-0.3, -0.25) is 4.79 Å². The summed E-state index contributed by atoms with van der Waals surface area (Å²) in [7, 11) is 3.38. The van der Waals surface area contributed by atoms with Crippen LogP contribution in [0.3, 0.4) is 0 Å². The van der Waals surface area contributed by atoms with Gasteiger partial charge in [-0.25, -0.2) is 0 Å². The van der Waals surface area contributed by atoms with Crippen LogP contribution in [0.1, 0.15) is 6.92 Å². The van der Waals surface area contributed by atoms with E-state index in [1.165, 1.54) is 4.90 Å². The summed E-state index contributed by atoms with van der Waals surface area (Å²) < 4.78 is 6.30. The molecule has 0 bridgehead atoms. The third kappa shape index (κ3) is 3.39. The Morgan fingerprint density at radius 3 is 2.69 bits per heavy atom. The summed E-state index contributed by atoms with van der Waals surface area (Å²) in [5.41, 5.74) is 0. The average molecular weight is 307 g/mol. The van der Waals surface area contributed by atoms with Crippen molar-refractivity contribution in [2.75, 3.05) is 14.1 Å². The molecule has 0 saturated carbocycles. The van der Waals surface area contributed by atoms with Gasteiger partial charge in [-0.2, -0.15) is 0 Å². The Kier molecular flexibility index (Phi) is 4.62. The van der Waals surface area contributed by atoms with E-state index in [4.69, 9.17) is 16.3 Å². The first-order valence-electron chi connectivity index (χ1n) is 4.74. The molecule has 0 spiro atoms. The normalized spacial score (nSPS) is 12.1. The zero-order valence-electron chi connectivity index (χ0n) is 9.33. The quantitative estimate of drug-likeness (QED) is 0.859. The van der Waals surface area contributed by atoms with E-state index in [9.17, 15) is 4.79 Å². The summed E-state index contributed by atoms with van der Waals surface area (Å²) >= 11 is 9.18. The lowest BCUT2D eigenvalue weighted by molar-refractivity contribution is -0.135. The molecule has 3 nitrogen and oxygen atoms in total. The van der Waals surface area contributed by atoms with Gasteiger partial charge >= 0.3 is 0 Å². The molecule has 0 N–H and O–H groups in total. The predicted octanol–water partition coefficient (Wildman–Crippen LogP) is 2.96. The van der Waals surface area contributed by atoms with Gasteiger partial charge in [0.15, 0.2) is 6.10 Å². The second-order valence-corrected chi connectivity index (χ2v) is 4.86. The monoisotopic (exact) mass is 305 g/mol. The summed E-state index contributed by atoms with van der Waals surface area (Å²) in [5, 5.41) is 0.572. The van der Waals surface area contributed by atoms with E-state index in [-0.39, 0.29) is 5.91 Å². The number of benzene rings is 1. The van der Waals surface area contributed by atoms with Crippen molar-refractivity contribution in [3.8, 4) is 5.75 Å². The molecule has 0 aromatic heterocycles. The zero-order chi connectivity index (χ0) is 12.3. The SMILES string of the molecule is CC(Oc1cc(Cl)ccc1Br)C(=O)N(C)C. The van der Waals surface area contributed by atoms with Crippen molar-refractivity contribution in [2.24, 2.45) is 0 Å². The molecule has 0 fully saturated rings. The lowest BCUT2D eigenvalue weighted by Crippen LogP contribution is -2.35. The molecule has 1 aromatic rings. The zero-order valence-corrected chi connectivity index (χ0v) is 11.7. The fourth-order valence-electron chi connectivity index (χ4n) is 1.17. The number of nitrogens with zero attached hydrogens (tertiary/aromatic N) is 1. The number of halogens is 2. The van der Waals surface area contributed by atoms with Gasteiger partial charge in [-0.05, 0) is 41.1 Å². The molecule has 1 amide bonds. The highest BCUT2D eigenvalue weighted by Gasteiger charge is 2.17. The molecule has 0 radical (unpaired) electrons. The average Bonchev–Trinajstić information content (AvgIpc) is 2.22. The minimum Gasteiger partial charge on any atom is -0.480 e. The Bertz CT molecular complexity index is 396. The number of hydrogen-bond donors (Lipinski definition) is 0. The first-order chi connectivity index (χ1) is 7.41. The van der Waals surface area contributed by atoms with Crippen molar-refractivity contribution >= 4 is 33.4 Å². The van der Waals surface area contributed by atoms with Gasteiger partial charge < -0.3 is 9.64 Å². The van der Waals surface area contributed by atoms with Crippen LogP contribution in [-0.2, 0) is 4.79 Å². The largest absolute Gasteiger partial charge is 0.480 e. The van der Waals surface area contributed by atoms with Crippen LogP contribution in [0.15, 0.2) is 22.7 Å². The minimum atomic E-state index is -0.537. The smallest absolute Gasteiger partial charge is 0.262 e.